The first-order valence-corrected chi connectivity index (χ1v) is 8.09. The number of aliphatic hydroxyl groups excluding tert-OH is 1. The van der Waals surface area contributed by atoms with Crippen molar-refractivity contribution in [1.29, 1.82) is 0 Å². The molecule has 1 saturated carbocycles. The highest BCUT2D eigenvalue weighted by molar-refractivity contribution is 7.90. The zero-order valence-electron chi connectivity index (χ0n) is 11.5. The normalized spacial score (nSPS) is 20.8. The molecular weight excluding hydrogens is 270 g/mol. The molecule has 2 N–H and O–H groups in total. The molecule has 1 aliphatic rings. The standard InChI is InChI=1S/C12H23NO5S/c1-10(11(15)18-2)19(16,17)13-8-12(9-14)6-4-3-5-7-12/h10,13-14H,3-9H2,1-2H3. The number of sulfonamides is 1. The molecule has 0 bridgehead atoms. The average Bonchev–Trinajstić information content (AvgIpc) is 2.44. The van der Waals surface area contributed by atoms with Crippen LogP contribution in [0, 0.1) is 5.41 Å². The van der Waals surface area contributed by atoms with Crippen LogP contribution in [0.4, 0.5) is 0 Å². The van der Waals surface area contributed by atoms with Crippen molar-refractivity contribution in [2.45, 2.75) is 44.3 Å². The summed E-state index contributed by atoms with van der Waals surface area (Å²) >= 11 is 0. The molecule has 1 fully saturated rings. The van der Waals surface area contributed by atoms with Gasteiger partial charge in [-0.05, 0) is 19.8 Å². The monoisotopic (exact) mass is 293 g/mol. The van der Waals surface area contributed by atoms with Gasteiger partial charge < -0.3 is 9.84 Å². The van der Waals surface area contributed by atoms with Gasteiger partial charge in [0.05, 0.1) is 7.11 Å². The molecule has 1 unspecified atom stereocenters. The van der Waals surface area contributed by atoms with E-state index in [1.165, 1.54) is 6.92 Å². The molecule has 0 aliphatic heterocycles. The van der Waals surface area contributed by atoms with Crippen molar-refractivity contribution in [2.75, 3.05) is 20.3 Å². The molecule has 0 spiro atoms. The van der Waals surface area contributed by atoms with Crippen molar-refractivity contribution in [3.8, 4) is 0 Å². The van der Waals surface area contributed by atoms with Crippen LogP contribution in [0.2, 0.25) is 0 Å². The van der Waals surface area contributed by atoms with Crippen LogP contribution in [0.5, 0.6) is 0 Å². The number of methoxy groups -OCH3 is 1. The Hall–Kier alpha value is -0.660. The molecule has 0 saturated heterocycles. The van der Waals surface area contributed by atoms with E-state index in [0.717, 1.165) is 39.2 Å². The molecule has 112 valence electrons. The molecule has 0 amide bonds. The lowest BCUT2D eigenvalue weighted by atomic mass is 9.75. The van der Waals surface area contributed by atoms with E-state index >= 15 is 0 Å². The Balaban J connectivity index is 2.65. The molecule has 7 heteroatoms. The Labute approximate surface area is 114 Å². The van der Waals surface area contributed by atoms with Crippen LogP contribution < -0.4 is 4.72 Å². The number of carbonyl (C=O) groups excluding carboxylic acids is 1. The van der Waals surface area contributed by atoms with Crippen molar-refractivity contribution in [2.24, 2.45) is 5.41 Å². The number of ether oxygens (including phenoxy) is 1. The van der Waals surface area contributed by atoms with Crippen molar-refractivity contribution >= 4 is 16.0 Å². The van der Waals surface area contributed by atoms with Crippen molar-refractivity contribution in [3.63, 3.8) is 0 Å². The third-order valence-electron chi connectivity index (χ3n) is 3.90. The van der Waals surface area contributed by atoms with E-state index in [1.54, 1.807) is 0 Å². The van der Waals surface area contributed by atoms with E-state index < -0.39 is 21.2 Å². The molecule has 1 rings (SSSR count). The maximum atomic E-state index is 11.9. The Morgan fingerprint density at radius 2 is 1.95 bits per heavy atom. The van der Waals surface area contributed by atoms with E-state index in [2.05, 4.69) is 9.46 Å². The fraction of sp³-hybridized carbons (Fsp3) is 0.917. The number of aliphatic hydroxyl groups is 1. The number of nitrogens with one attached hydrogen (secondary N) is 1. The maximum Gasteiger partial charge on any atom is 0.325 e. The van der Waals surface area contributed by atoms with E-state index in [0.29, 0.717) is 0 Å². The molecule has 0 radical (unpaired) electrons. The fourth-order valence-corrected chi connectivity index (χ4v) is 3.47. The topological polar surface area (TPSA) is 92.7 Å². The number of esters is 1. The van der Waals surface area contributed by atoms with Gasteiger partial charge in [0.25, 0.3) is 0 Å². The van der Waals surface area contributed by atoms with Gasteiger partial charge in [0.2, 0.25) is 10.0 Å². The first-order chi connectivity index (χ1) is 8.87. The van der Waals surface area contributed by atoms with Gasteiger partial charge in [-0.25, -0.2) is 13.1 Å². The lowest BCUT2D eigenvalue weighted by Gasteiger charge is -2.35. The summed E-state index contributed by atoms with van der Waals surface area (Å²) < 4.78 is 30.8. The maximum absolute atomic E-state index is 11.9. The van der Waals surface area contributed by atoms with Crippen LogP contribution in [-0.2, 0) is 19.6 Å². The van der Waals surface area contributed by atoms with Gasteiger partial charge in [0, 0.05) is 18.6 Å². The molecule has 19 heavy (non-hydrogen) atoms. The SMILES string of the molecule is COC(=O)C(C)S(=O)(=O)NCC1(CO)CCCCC1. The van der Waals surface area contributed by atoms with Crippen molar-refractivity contribution < 1.29 is 23.1 Å². The minimum absolute atomic E-state index is 0.0396. The van der Waals surface area contributed by atoms with Gasteiger partial charge in [-0.2, -0.15) is 0 Å². The summed E-state index contributed by atoms with van der Waals surface area (Å²) in [5.41, 5.74) is -0.388. The molecule has 1 atom stereocenters. The number of carbonyl (C=O) groups is 1. The van der Waals surface area contributed by atoms with Crippen LogP contribution in [0.15, 0.2) is 0 Å². The molecular formula is C12H23NO5S. The van der Waals surface area contributed by atoms with Crippen molar-refractivity contribution in [1.82, 2.24) is 4.72 Å². The number of hydrogen-bond acceptors (Lipinski definition) is 5. The van der Waals surface area contributed by atoms with Gasteiger partial charge in [0.15, 0.2) is 5.25 Å². The van der Waals surface area contributed by atoms with Crippen molar-refractivity contribution in [3.05, 3.63) is 0 Å². The van der Waals surface area contributed by atoms with E-state index in [9.17, 15) is 18.3 Å². The smallest absolute Gasteiger partial charge is 0.325 e. The van der Waals surface area contributed by atoms with Crippen LogP contribution in [0.25, 0.3) is 0 Å². The Morgan fingerprint density at radius 3 is 2.42 bits per heavy atom. The summed E-state index contributed by atoms with van der Waals surface area (Å²) in [7, 11) is -2.60. The summed E-state index contributed by atoms with van der Waals surface area (Å²) in [6.07, 6.45) is 4.72. The molecule has 0 aromatic carbocycles. The van der Waals surface area contributed by atoms with Crippen LogP contribution in [0.3, 0.4) is 0 Å². The van der Waals surface area contributed by atoms with Gasteiger partial charge in [-0.3, -0.25) is 4.79 Å². The van der Waals surface area contributed by atoms with E-state index in [4.69, 9.17) is 0 Å². The quantitative estimate of drug-likeness (QED) is 0.692. The second-order valence-electron chi connectivity index (χ2n) is 5.25. The third kappa shape index (κ3) is 4.15. The Bertz CT molecular complexity index is 400. The van der Waals surface area contributed by atoms with Crippen LogP contribution in [-0.4, -0.2) is 45.0 Å². The number of rotatable bonds is 6. The largest absolute Gasteiger partial charge is 0.468 e. The minimum atomic E-state index is -3.75. The second-order valence-corrected chi connectivity index (χ2v) is 7.34. The van der Waals surface area contributed by atoms with E-state index in [1.807, 2.05) is 0 Å². The van der Waals surface area contributed by atoms with Crippen LogP contribution >= 0.6 is 0 Å². The molecule has 0 heterocycles. The highest BCUT2D eigenvalue weighted by Crippen LogP contribution is 2.35. The molecule has 6 nitrogen and oxygen atoms in total. The second kappa shape index (κ2) is 6.67. The lowest BCUT2D eigenvalue weighted by Crippen LogP contribution is -2.45. The third-order valence-corrected chi connectivity index (χ3v) is 5.57. The predicted octanol–water partition coefficient (Wildman–Crippen LogP) is 0.410. The predicted molar refractivity (Wildman–Crippen MR) is 71.0 cm³/mol. The summed E-state index contributed by atoms with van der Waals surface area (Å²) in [5.74, 6) is -0.783. The Kier molecular flexibility index (Phi) is 5.76. The van der Waals surface area contributed by atoms with Gasteiger partial charge in [-0.15, -0.1) is 0 Å². The first-order valence-electron chi connectivity index (χ1n) is 6.54. The highest BCUT2D eigenvalue weighted by atomic mass is 32.2. The zero-order valence-corrected chi connectivity index (χ0v) is 12.3. The molecule has 0 aromatic heterocycles. The lowest BCUT2D eigenvalue weighted by molar-refractivity contribution is -0.139. The number of hydrogen-bond donors (Lipinski definition) is 2. The summed E-state index contributed by atoms with van der Waals surface area (Å²) in [6.45, 7) is 1.43. The van der Waals surface area contributed by atoms with Crippen LogP contribution in [0.1, 0.15) is 39.0 Å². The molecule has 1 aliphatic carbocycles. The summed E-state index contributed by atoms with van der Waals surface area (Å²) in [4.78, 5) is 11.3. The molecule has 0 aromatic rings. The van der Waals surface area contributed by atoms with Gasteiger partial charge >= 0.3 is 5.97 Å². The fourth-order valence-electron chi connectivity index (χ4n) is 2.36. The summed E-state index contributed by atoms with van der Waals surface area (Å²) in [5, 5.41) is 8.27. The van der Waals surface area contributed by atoms with Gasteiger partial charge in [0.1, 0.15) is 0 Å². The Morgan fingerprint density at radius 1 is 1.37 bits per heavy atom. The van der Waals surface area contributed by atoms with Gasteiger partial charge in [-0.1, -0.05) is 19.3 Å². The summed E-state index contributed by atoms with van der Waals surface area (Å²) in [6, 6.07) is 0. The first kappa shape index (κ1) is 16.4. The van der Waals surface area contributed by atoms with E-state index in [-0.39, 0.29) is 18.6 Å². The zero-order chi connectivity index (χ0) is 14.5. The minimum Gasteiger partial charge on any atom is -0.468 e. The highest BCUT2D eigenvalue weighted by Gasteiger charge is 2.35. The average molecular weight is 293 g/mol.